The molecule has 3 aromatic carbocycles. The average Bonchev–Trinajstić information content (AvgIpc) is 3.24. The second-order valence-corrected chi connectivity index (χ2v) is 18.9. The molecule has 6 rings (SSSR count). The maximum atomic E-state index is 12.2. The molecule has 1 aliphatic heterocycles. The molecule has 245 valence electrons. The normalized spacial score (nSPS) is 15.6. The largest absolute Gasteiger partial charge is 0.512 e. The first-order chi connectivity index (χ1) is 21.2. The maximum absolute atomic E-state index is 12.2. The van der Waals surface area contributed by atoms with Gasteiger partial charge in [-0.15, -0.1) is 28.9 Å². The van der Waals surface area contributed by atoms with Crippen LogP contribution in [0.4, 0.5) is 0 Å². The fourth-order valence-electron chi connectivity index (χ4n) is 7.28. The molecule has 0 amide bonds. The van der Waals surface area contributed by atoms with Gasteiger partial charge in [0, 0.05) is 48.6 Å². The average molecular weight is 809 g/mol. The van der Waals surface area contributed by atoms with Crippen LogP contribution in [-0.4, -0.2) is 23.9 Å². The number of nitrogens with zero attached hydrogens (tertiary/aromatic N) is 1. The van der Waals surface area contributed by atoms with Crippen molar-refractivity contribution in [1.82, 2.24) is 4.98 Å². The summed E-state index contributed by atoms with van der Waals surface area (Å²) in [6, 6.07) is 23.7. The van der Waals surface area contributed by atoms with E-state index in [-0.39, 0.29) is 47.9 Å². The number of carbonyl (C=O) groups is 1. The molecule has 3 nitrogen and oxygen atoms in total. The number of ketones is 1. The second kappa shape index (κ2) is 13.0. The summed E-state index contributed by atoms with van der Waals surface area (Å²) in [6.45, 7) is 21.8. The van der Waals surface area contributed by atoms with Gasteiger partial charge in [-0.3, -0.25) is 4.79 Å². The number of rotatable bonds is 7. The van der Waals surface area contributed by atoms with Crippen LogP contribution in [0.2, 0.25) is 13.1 Å². The fraction of sp³-hybridized carbons (Fsp3) is 0.415. The molecule has 1 aliphatic carbocycles. The number of carbonyl (C=O) groups excluding carboxylic acids is 1. The van der Waals surface area contributed by atoms with Crippen LogP contribution in [0.15, 0.2) is 72.6 Å². The molecule has 0 unspecified atom stereocenters. The van der Waals surface area contributed by atoms with E-state index in [1.807, 2.05) is 47.7 Å². The quantitative estimate of drug-likeness (QED) is 0.0876. The summed E-state index contributed by atoms with van der Waals surface area (Å²) in [5.74, 6) is 0.286. The van der Waals surface area contributed by atoms with Crippen LogP contribution in [0.1, 0.15) is 92.2 Å². The second-order valence-electron chi connectivity index (χ2n) is 14.6. The summed E-state index contributed by atoms with van der Waals surface area (Å²) in [5.41, 5.74) is 7.19. The molecule has 0 bridgehead atoms. The van der Waals surface area contributed by atoms with Crippen molar-refractivity contribution in [3.8, 4) is 22.4 Å². The molecule has 0 fully saturated rings. The van der Waals surface area contributed by atoms with Gasteiger partial charge < -0.3 is 10.1 Å². The van der Waals surface area contributed by atoms with Crippen LogP contribution in [0.3, 0.4) is 0 Å². The summed E-state index contributed by atoms with van der Waals surface area (Å²) < 4.78 is 0. The van der Waals surface area contributed by atoms with Gasteiger partial charge in [0.25, 0.3) is 0 Å². The van der Waals surface area contributed by atoms with Crippen molar-refractivity contribution in [3.63, 3.8) is 0 Å². The smallest absolute Gasteiger partial charge is 0.164 e. The standard InChI is InChI=1S/C26H22NSi.C15H28O2.Ir/c1-26(2)19-12-8-14-21-23(19)22-18(11-7-13-20(22)28(21,3)4)25-24(26)17-10-6-5-9-16(17)15-27-25;1-7-14(5,8-2)12(16)11-13(17)15(6,9-3)10-4;/h5-10,12-15H,1-4H3;11,16H,7-10H2,1-6H3;/q-1;;/b;12-11-;. The molecule has 46 heavy (non-hydrogen) atoms. The predicted octanol–water partition coefficient (Wildman–Crippen LogP) is 9.79. The van der Waals surface area contributed by atoms with Crippen molar-refractivity contribution < 1.29 is 30.0 Å². The molecule has 0 spiro atoms. The van der Waals surface area contributed by atoms with Gasteiger partial charge in [0.05, 0.1) is 8.07 Å². The number of aliphatic hydroxyl groups is 1. The van der Waals surface area contributed by atoms with Gasteiger partial charge in [0.1, 0.15) is 5.76 Å². The minimum atomic E-state index is -1.71. The van der Waals surface area contributed by atoms with Crippen LogP contribution in [0.5, 0.6) is 0 Å². The van der Waals surface area contributed by atoms with Crippen molar-refractivity contribution in [2.24, 2.45) is 10.8 Å². The Labute approximate surface area is 291 Å². The first kappa shape index (κ1) is 36.0. The van der Waals surface area contributed by atoms with E-state index in [0.29, 0.717) is 0 Å². The Morgan fingerprint density at radius 3 is 2.13 bits per heavy atom. The molecule has 2 heterocycles. The Kier molecular flexibility index (Phi) is 10.2. The summed E-state index contributed by atoms with van der Waals surface area (Å²) >= 11 is 0. The first-order valence-electron chi connectivity index (χ1n) is 16.8. The van der Waals surface area contributed by atoms with Crippen molar-refractivity contribution in [2.75, 3.05) is 0 Å². The van der Waals surface area contributed by atoms with Crippen LogP contribution in [0.25, 0.3) is 33.2 Å². The minimum Gasteiger partial charge on any atom is -0.512 e. The van der Waals surface area contributed by atoms with Crippen LogP contribution < -0.4 is 10.4 Å². The van der Waals surface area contributed by atoms with Crippen LogP contribution in [0, 0.1) is 16.9 Å². The van der Waals surface area contributed by atoms with E-state index in [4.69, 9.17) is 4.98 Å². The zero-order valence-corrected chi connectivity index (χ0v) is 32.7. The monoisotopic (exact) mass is 809 g/mol. The van der Waals surface area contributed by atoms with E-state index < -0.39 is 8.07 Å². The number of pyridine rings is 1. The van der Waals surface area contributed by atoms with Crippen molar-refractivity contribution in [2.45, 2.75) is 99.6 Å². The van der Waals surface area contributed by atoms with Gasteiger partial charge in [0.2, 0.25) is 0 Å². The van der Waals surface area contributed by atoms with Gasteiger partial charge in [0.15, 0.2) is 5.78 Å². The van der Waals surface area contributed by atoms with Crippen molar-refractivity contribution >= 4 is 35.0 Å². The topological polar surface area (TPSA) is 50.2 Å². The van der Waals surface area contributed by atoms with E-state index in [1.165, 1.54) is 49.9 Å². The maximum Gasteiger partial charge on any atom is 0.164 e. The first-order valence-corrected chi connectivity index (χ1v) is 19.8. The number of allylic oxidation sites excluding steroid dienone is 2. The molecule has 5 heteroatoms. The fourth-order valence-corrected chi connectivity index (χ4v) is 10.3. The molecule has 1 radical (unpaired) electrons. The number of hydrogen-bond acceptors (Lipinski definition) is 3. The zero-order valence-electron chi connectivity index (χ0n) is 29.3. The number of benzene rings is 3. The molecular formula is C41H50IrNO2Si-. The van der Waals surface area contributed by atoms with Gasteiger partial charge in [-0.1, -0.05) is 127 Å². The third kappa shape index (κ3) is 5.57. The molecule has 2 aliphatic rings. The summed E-state index contributed by atoms with van der Waals surface area (Å²) in [4.78, 5) is 17.2. The molecule has 4 aromatic rings. The van der Waals surface area contributed by atoms with E-state index >= 15 is 0 Å². The number of aliphatic hydroxyl groups excluding tert-OH is 1. The zero-order chi connectivity index (χ0) is 32.9. The molecule has 1 N–H and O–H groups in total. The summed E-state index contributed by atoms with van der Waals surface area (Å²) in [5, 5.41) is 15.7. The van der Waals surface area contributed by atoms with Gasteiger partial charge in [-0.05, 0) is 53.3 Å². The Balaban J connectivity index is 0.000000234. The summed E-state index contributed by atoms with van der Waals surface area (Å²) in [7, 11) is -1.71. The van der Waals surface area contributed by atoms with E-state index in [9.17, 15) is 9.90 Å². The summed E-state index contributed by atoms with van der Waals surface area (Å²) in [6.07, 6.45) is 6.79. The third-order valence-corrected chi connectivity index (χ3v) is 15.1. The van der Waals surface area contributed by atoms with Gasteiger partial charge in [-0.2, -0.15) is 0 Å². The molecule has 1 aromatic heterocycles. The Morgan fingerprint density at radius 1 is 0.891 bits per heavy atom. The SMILES string of the molecule is CC1(C)c2cccc3c2-c2c([c-]ccc2[Si]3(C)C)-c2ncc3ccccc3c21.CCC(C)(CC)C(=O)/C=C(\O)C(C)(CC)CC.[Ir]. The van der Waals surface area contributed by atoms with Crippen molar-refractivity contribution in [3.05, 3.63) is 89.8 Å². The van der Waals surface area contributed by atoms with Crippen LogP contribution >= 0.6 is 0 Å². The number of hydrogen-bond donors (Lipinski definition) is 1. The molecule has 0 saturated carbocycles. The van der Waals surface area contributed by atoms with E-state index in [2.05, 4.69) is 87.6 Å². The Hall–Kier alpha value is -2.85. The van der Waals surface area contributed by atoms with Gasteiger partial charge >= 0.3 is 0 Å². The van der Waals surface area contributed by atoms with E-state index in [1.54, 1.807) is 5.19 Å². The Morgan fingerprint density at radius 2 is 1.50 bits per heavy atom. The number of fused-ring (bicyclic) bond motifs is 4. The third-order valence-electron chi connectivity index (χ3n) is 11.6. The molecular weight excluding hydrogens is 759 g/mol. The predicted molar refractivity (Wildman–Crippen MR) is 193 cm³/mol. The molecule has 0 saturated heterocycles. The minimum absolute atomic E-state index is 0. The van der Waals surface area contributed by atoms with Crippen LogP contribution in [-0.2, 0) is 30.3 Å². The Bertz CT molecular complexity index is 1810. The van der Waals surface area contributed by atoms with Crippen molar-refractivity contribution in [1.29, 1.82) is 0 Å². The van der Waals surface area contributed by atoms with E-state index in [0.717, 1.165) is 31.4 Å². The van der Waals surface area contributed by atoms with Gasteiger partial charge in [-0.25, -0.2) is 0 Å². The number of aromatic nitrogens is 1. The molecule has 0 atom stereocenters.